The number of nitrogens with one attached hydrogen (secondary N) is 2. The number of aryl methyl sites for hydroxylation is 1. The van der Waals surface area contributed by atoms with Crippen LogP contribution in [0.2, 0.25) is 0 Å². The number of aromatic carboxylic acids is 1. The summed E-state index contributed by atoms with van der Waals surface area (Å²) in [6.45, 7) is 9.91. The number of carbonyl (C=O) groups excluding carboxylic acids is 1. The molecular formula is C24H28FN5O4. The van der Waals surface area contributed by atoms with Crippen LogP contribution in [0.15, 0.2) is 24.5 Å². The SMILES string of the molecule is Cc1ccc(F)c2[nH]c(-c3cncc(C(=O)O)c3N3CC[C@](C)(NC(=O)OC(C)(C)C)C3)nc12. The molecule has 2 aromatic heterocycles. The number of nitrogens with zero attached hydrogens (tertiary/aromatic N) is 3. The van der Waals surface area contributed by atoms with E-state index in [0.717, 1.165) is 5.56 Å². The summed E-state index contributed by atoms with van der Waals surface area (Å²) in [5.74, 6) is -1.27. The number of anilines is 1. The second kappa shape index (κ2) is 8.27. The number of rotatable bonds is 4. The number of carboxylic acids is 1. The molecule has 3 heterocycles. The molecule has 1 aliphatic rings. The Labute approximate surface area is 196 Å². The highest BCUT2D eigenvalue weighted by molar-refractivity contribution is 5.99. The van der Waals surface area contributed by atoms with Crippen molar-refractivity contribution in [2.75, 3.05) is 18.0 Å². The minimum Gasteiger partial charge on any atom is -0.478 e. The van der Waals surface area contributed by atoms with E-state index in [-0.39, 0.29) is 11.1 Å². The van der Waals surface area contributed by atoms with Crippen molar-refractivity contribution in [3.8, 4) is 11.4 Å². The van der Waals surface area contributed by atoms with Gasteiger partial charge in [0, 0.05) is 25.5 Å². The quantitative estimate of drug-likeness (QED) is 0.522. The van der Waals surface area contributed by atoms with Crippen LogP contribution in [0.3, 0.4) is 0 Å². The monoisotopic (exact) mass is 469 g/mol. The molecule has 180 valence electrons. The largest absolute Gasteiger partial charge is 0.478 e. The Morgan fingerprint density at radius 2 is 2.03 bits per heavy atom. The van der Waals surface area contributed by atoms with Gasteiger partial charge in [-0.1, -0.05) is 6.07 Å². The molecule has 3 aromatic rings. The first kappa shape index (κ1) is 23.5. The number of aromatic nitrogens is 3. The van der Waals surface area contributed by atoms with E-state index in [9.17, 15) is 19.1 Å². The van der Waals surface area contributed by atoms with Crippen LogP contribution in [-0.2, 0) is 4.74 Å². The number of ether oxygens (including phenoxy) is 1. The van der Waals surface area contributed by atoms with E-state index < -0.39 is 29.0 Å². The van der Waals surface area contributed by atoms with Gasteiger partial charge >= 0.3 is 12.1 Å². The number of hydrogen-bond donors (Lipinski definition) is 3. The third-order valence-electron chi connectivity index (χ3n) is 5.79. The third-order valence-corrected chi connectivity index (χ3v) is 5.79. The third kappa shape index (κ3) is 4.52. The molecule has 0 spiro atoms. The maximum absolute atomic E-state index is 14.4. The number of imidazole rings is 1. The molecule has 0 saturated carbocycles. The molecule has 1 aromatic carbocycles. The zero-order chi connectivity index (χ0) is 24.8. The lowest BCUT2D eigenvalue weighted by Crippen LogP contribution is -2.49. The van der Waals surface area contributed by atoms with Crippen LogP contribution in [-0.4, -0.2) is 56.4 Å². The maximum atomic E-state index is 14.4. The van der Waals surface area contributed by atoms with Gasteiger partial charge in [0.2, 0.25) is 0 Å². The average molecular weight is 470 g/mol. The zero-order valence-electron chi connectivity index (χ0n) is 19.8. The number of aromatic amines is 1. The molecule has 1 atom stereocenters. The highest BCUT2D eigenvalue weighted by atomic mass is 19.1. The van der Waals surface area contributed by atoms with Gasteiger partial charge in [-0.25, -0.2) is 19.0 Å². The molecule has 3 N–H and O–H groups in total. The molecule has 1 fully saturated rings. The predicted molar refractivity (Wildman–Crippen MR) is 126 cm³/mol. The molecule has 0 unspecified atom stereocenters. The van der Waals surface area contributed by atoms with Gasteiger partial charge in [-0.3, -0.25) is 4.98 Å². The van der Waals surface area contributed by atoms with Gasteiger partial charge in [0.1, 0.15) is 28.3 Å². The first-order valence-electron chi connectivity index (χ1n) is 11.0. The van der Waals surface area contributed by atoms with Gasteiger partial charge < -0.3 is 25.0 Å². The highest BCUT2D eigenvalue weighted by Crippen LogP contribution is 2.37. The Morgan fingerprint density at radius 1 is 1.29 bits per heavy atom. The van der Waals surface area contributed by atoms with Gasteiger partial charge in [0.15, 0.2) is 0 Å². The first-order chi connectivity index (χ1) is 15.9. The van der Waals surface area contributed by atoms with Gasteiger partial charge in [-0.2, -0.15) is 0 Å². The van der Waals surface area contributed by atoms with Gasteiger partial charge in [0.25, 0.3) is 0 Å². The number of alkyl carbamates (subject to hydrolysis) is 1. The fourth-order valence-corrected chi connectivity index (χ4v) is 4.25. The molecule has 0 bridgehead atoms. The van der Waals surface area contributed by atoms with E-state index in [0.29, 0.717) is 42.1 Å². The Hall–Kier alpha value is -3.69. The van der Waals surface area contributed by atoms with Gasteiger partial charge in [-0.15, -0.1) is 0 Å². The molecule has 0 radical (unpaired) electrons. The number of pyridine rings is 1. The van der Waals surface area contributed by atoms with E-state index >= 15 is 0 Å². The van der Waals surface area contributed by atoms with Crippen molar-refractivity contribution in [3.05, 3.63) is 41.5 Å². The van der Waals surface area contributed by atoms with E-state index in [2.05, 4.69) is 20.3 Å². The van der Waals surface area contributed by atoms with Gasteiger partial charge in [-0.05, 0) is 52.7 Å². The Balaban J connectivity index is 1.73. The lowest BCUT2D eigenvalue weighted by atomic mass is 10.0. The molecule has 1 saturated heterocycles. The minimum atomic E-state index is -1.14. The summed E-state index contributed by atoms with van der Waals surface area (Å²) in [5.41, 5.74) is 1.08. The second-order valence-electron chi connectivity index (χ2n) is 9.92. The zero-order valence-corrected chi connectivity index (χ0v) is 19.8. The summed E-state index contributed by atoms with van der Waals surface area (Å²) >= 11 is 0. The highest BCUT2D eigenvalue weighted by Gasteiger charge is 2.39. The summed E-state index contributed by atoms with van der Waals surface area (Å²) < 4.78 is 19.8. The van der Waals surface area contributed by atoms with Crippen LogP contribution in [0.1, 0.15) is 50.0 Å². The number of amides is 1. The van der Waals surface area contributed by atoms with E-state index in [4.69, 9.17) is 4.74 Å². The van der Waals surface area contributed by atoms with Crippen LogP contribution < -0.4 is 10.2 Å². The van der Waals surface area contributed by atoms with Crippen molar-refractivity contribution < 1.29 is 23.8 Å². The predicted octanol–water partition coefficient (Wildman–Crippen LogP) is 4.26. The van der Waals surface area contributed by atoms with E-state index in [1.54, 1.807) is 26.8 Å². The van der Waals surface area contributed by atoms with Crippen LogP contribution in [0.4, 0.5) is 14.9 Å². The molecule has 1 amide bonds. The molecule has 1 aliphatic heterocycles. The second-order valence-corrected chi connectivity index (χ2v) is 9.92. The summed E-state index contributed by atoms with van der Waals surface area (Å²) in [4.78, 5) is 38.0. The molecular weight excluding hydrogens is 441 g/mol. The van der Waals surface area contributed by atoms with Gasteiger partial charge in [0.05, 0.1) is 22.3 Å². The topological polar surface area (TPSA) is 120 Å². The summed E-state index contributed by atoms with van der Waals surface area (Å²) in [7, 11) is 0. The van der Waals surface area contributed by atoms with Crippen molar-refractivity contribution in [1.82, 2.24) is 20.3 Å². The van der Waals surface area contributed by atoms with Crippen LogP contribution in [0.25, 0.3) is 22.4 Å². The van der Waals surface area contributed by atoms with Crippen molar-refractivity contribution >= 4 is 28.8 Å². The molecule has 0 aliphatic carbocycles. The molecule has 34 heavy (non-hydrogen) atoms. The number of benzene rings is 1. The Morgan fingerprint density at radius 3 is 2.68 bits per heavy atom. The van der Waals surface area contributed by atoms with Crippen LogP contribution in [0, 0.1) is 12.7 Å². The number of fused-ring (bicyclic) bond motifs is 1. The minimum absolute atomic E-state index is 0.00309. The molecule has 4 rings (SSSR count). The van der Waals surface area contributed by atoms with Crippen molar-refractivity contribution in [3.63, 3.8) is 0 Å². The standard InChI is InChI=1S/C24H28FN5O4/c1-13-6-7-16(25)18-17(13)27-20(28-18)14-10-26-11-15(21(31)32)19(14)30-9-8-24(5,12-30)29-22(33)34-23(2,3)4/h6-7,10-11H,8-9,12H2,1-5H3,(H,27,28)(H,29,33)(H,31,32)/t24-/m0/s1. The lowest BCUT2D eigenvalue weighted by molar-refractivity contribution is 0.0472. The number of H-pyrrole nitrogens is 1. The van der Waals surface area contributed by atoms with Crippen LogP contribution in [0.5, 0.6) is 0 Å². The van der Waals surface area contributed by atoms with Crippen LogP contribution >= 0.6 is 0 Å². The Kier molecular flexibility index (Phi) is 5.71. The summed E-state index contributed by atoms with van der Waals surface area (Å²) in [6.07, 6.45) is 2.84. The fourth-order valence-electron chi connectivity index (χ4n) is 4.25. The number of carbonyl (C=O) groups is 2. The summed E-state index contributed by atoms with van der Waals surface area (Å²) in [5, 5.41) is 12.8. The number of halogens is 1. The number of carboxylic acid groups (broad SMARTS) is 1. The van der Waals surface area contributed by atoms with E-state index in [1.165, 1.54) is 18.5 Å². The normalized spacial score (nSPS) is 18.4. The average Bonchev–Trinajstić information content (AvgIpc) is 3.33. The maximum Gasteiger partial charge on any atom is 0.408 e. The van der Waals surface area contributed by atoms with Crippen molar-refractivity contribution in [2.45, 2.75) is 52.2 Å². The first-order valence-corrected chi connectivity index (χ1v) is 11.0. The van der Waals surface area contributed by atoms with Crippen molar-refractivity contribution in [1.29, 1.82) is 0 Å². The summed E-state index contributed by atoms with van der Waals surface area (Å²) in [6, 6.07) is 3.00. The van der Waals surface area contributed by atoms with Crippen molar-refractivity contribution in [2.24, 2.45) is 0 Å². The molecule has 9 nitrogen and oxygen atoms in total. The smallest absolute Gasteiger partial charge is 0.408 e. The van der Waals surface area contributed by atoms with E-state index in [1.807, 2.05) is 18.7 Å². The lowest BCUT2D eigenvalue weighted by Gasteiger charge is -2.29. The number of hydrogen-bond acceptors (Lipinski definition) is 6. The Bertz CT molecular complexity index is 1240. The fraction of sp³-hybridized carbons (Fsp3) is 0.417. The molecule has 10 heteroatoms.